The predicted octanol–water partition coefficient (Wildman–Crippen LogP) is 2.69. The van der Waals surface area contributed by atoms with Crippen LogP contribution >= 0.6 is 0 Å². The van der Waals surface area contributed by atoms with Crippen LogP contribution in [0.25, 0.3) is 0 Å². The quantitative estimate of drug-likeness (QED) is 0.790. The van der Waals surface area contributed by atoms with Gasteiger partial charge in [0, 0.05) is 36.5 Å². The molecule has 1 aliphatic heterocycles. The number of H-pyrrole nitrogens is 1. The van der Waals surface area contributed by atoms with Gasteiger partial charge in [0.25, 0.3) is 11.8 Å². The number of rotatable bonds is 3. The zero-order chi connectivity index (χ0) is 20.2. The second-order valence-corrected chi connectivity index (χ2v) is 7.09. The molecule has 0 saturated heterocycles. The Hall–Kier alpha value is -3.10. The number of carbonyl (C=O) groups excluding carboxylic acids is 2. The molecule has 6 nitrogen and oxygen atoms in total. The summed E-state index contributed by atoms with van der Waals surface area (Å²) in [6.07, 6.45) is -1.67. The van der Waals surface area contributed by atoms with Crippen LogP contribution in [0.2, 0.25) is 0 Å². The van der Waals surface area contributed by atoms with E-state index in [0.29, 0.717) is 18.8 Å². The molecule has 146 valence electrons. The fourth-order valence-electron chi connectivity index (χ4n) is 3.76. The molecular weight excluding hydrogens is 373 g/mol. The monoisotopic (exact) mass is 390 g/mol. The van der Waals surface area contributed by atoms with Crippen molar-refractivity contribution < 1.29 is 22.8 Å². The van der Waals surface area contributed by atoms with Gasteiger partial charge in [-0.2, -0.15) is 13.2 Å². The summed E-state index contributed by atoms with van der Waals surface area (Å²) < 4.78 is 38.5. The molecule has 0 aromatic carbocycles. The highest BCUT2D eigenvalue weighted by Crippen LogP contribution is 2.51. The Bertz CT molecular complexity index is 987. The number of nitrogens with zero attached hydrogens (tertiary/aromatic N) is 2. The zero-order valence-corrected chi connectivity index (χ0v) is 14.9. The first-order valence-electron chi connectivity index (χ1n) is 8.72. The number of halogens is 3. The topological polar surface area (TPSA) is 92.1 Å². The summed E-state index contributed by atoms with van der Waals surface area (Å²) in [6.45, 7) is 2.68. The number of aromatic amines is 1. The molecule has 28 heavy (non-hydrogen) atoms. The Morgan fingerprint density at radius 2 is 2.07 bits per heavy atom. The van der Waals surface area contributed by atoms with E-state index in [9.17, 15) is 22.8 Å². The molecule has 2 aliphatic rings. The Kier molecular flexibility index (Phi) is 4.06. The van der Waals surface area contributed by atoms with Crippen molar-refractivity contribution in [2.24, 2.45) is 11.7 Å². The third-order valence-corrected chi connectivity index (χ3v) is 5.19. The number of pyridine rings is 1. The summed E-state index contributed by atoms with van der Waals surface area (Å²) in [7, 11) is 0. The highest BCUT2D eigenvalue weighted by molar-refractivity contribution is 5.94. The number of amides is 2. The number of carbonyl (C=O) groups is 2. The molecule has 0 spiro atoms. The van der Waals surface area contributed by atoms with Gasteiger partial charge in [-0.1, -0.05) is 18.6 Å². The fourth-order valence-corrected chi connectivity index (χ4v) is 3.76. The lowest BCUT2D eigenvalue weighted by Crippen LogP contribution is -2.39. The van der Waals surface area contributed by atoms with Crippen molar-refractivity contribution in [2.45, 2.75) is 19.0 Å². The van der Waals surface area contributed by atoms with Gasteiger partial charge in [-0.05, 0) is 29.7 Å². The van der Waals surface area contributed by atoms with Crippen molar-refractivity contribution in [1.29, 1.82) is 0 Å². The molecule has 3 heterocycles. The maximum absolute atomic E-state index is 12.8. The third kappa shape index (κ3) is 3.06. The molecule has 2 amide bonds. The van der Waals surface area contributed by atoms with Crippen LogP contribution in [0.1, 0.15) is 50.6 Å². The number of alkyl halides is 3. The Morgan fingerprint density at radius 1 is 1.32 bits per heavy atom. The van der Waals surface area contributed by atoms with Crippen LogP contribution < -0.4 is 5.73 Å². The SMILES string of the molecule is CC1CN(C(=O)c2ccnc(C(F)(F)F)c2)CC=C1C1c2cc(C(N)=O)[nH]c21. The van der Waals surface area contributed by atoms with Crippen LogP contribution in [0.5, 0.6) is 0 Å². The van der Waals surface area contributed by atoms with Gasteiger partial charge < -0.3 is 15.6 Å². The normalized spacial score (nSPS) is 21.1. The predicted molar refractivity (Wildman–Crippen MR) is 93.5 cm³/mol. The average molecular weight is 390 g/mol. The highest BCUT2D eigenvalue weighted by atomic mass is 19.4. The summed E-state index contributed by atoms with van der Waals surface area (Å²) in [6, 6.07) is 3.81. The van der Waals surface area contributed by atoms with Gasteiger partial charge in [0.2, 0.25) is 0 Å². The van der Waals surface area contributed by atoms with Crippen LogP contribution in [-0.4, -0.2) is 39.8 Å². The second-order valence-electron chi connectivity index (χ2n) is 7.09. The summed E-state index contributed by atoms with van der Waals surface area (Å²) in [5, 5.41) is 0. The van der Waals surface area contributed by atoms with Crippen LogP contribution in [0.4, 0.5) is 13.2 Å². The number of nitrogens with two attached hydrogens (primary N) is 1. The molecule has 2 aromatic heterocycles. The summed E-state index contributed by atoms with van der Waals surface area (Å²) in [4.78, 5) is 31.7. The summed E-state index contributed by atoms with van der Waals surface area (Å²) in [5.41, 5.74) is 7.62. The lowest BCUT2D eigenvalue weighted by atomic mass is 9.90. The summed E-state index contributed by atoms with van der Waals surface area (Å²) >= 11 is 0. The van der Waals surface area contributed by atoms with Gasteiger partial charge in [0.1, 0.15) is 11.4 Å². The summed E-state index contributed by atoms with van der Waals surface area (Å²) in [5.74, 6) is -0.832. The molecule has 9 heteroatoms. The fraction of sp³-hybridized carbons (Fsp3) is 0.316. The van der Waals surface area contributed by atoms with E-state index in [2.05, 4.69) is 9.97 Å². The zero-order valence-electron chi connectivity index (χ0n) is 14.9. The van der Waals surface area contributed by atoms with Crippen molar-refractivity contribution in [3.05, 3.63) is 64.3 Å². The van der Waals surface area contributed by atoms with E-state index >= 15 is 0 Å². The van der Waals surface area contributed by atoms with E-state index in [0.717, 1.165) is 29.1 Å². The minimum atomic E-state index is -4.60. The van der Waals surface area contributed by atoms with E-state index < -0.39 is 23.7 Å². The van der Waals surface area contributed by atoms with Gasteiger partial charge in [-0.3, -0.25) is 14.6 Å². The van der Waals surface area contributed by atoms with Crippen molar-refractivity contribution in [3.63, 3.8) is 0 Å². The Labute approximate surface area is 158 Å². The number of aromatic nitrogens is 2. The van der Waals surface area contributed by atoms with E-state index in [4.69, 9.17) is 5.73 Å². The molecule has 3 N–H and O–H groups in total. The minimum absolute atomic E-state index is 0.0319. The smallest absolute Gasteiger partial charge is 0.364 e. The second kappa shape index (κ2) is 6.22. The van der Waals surface area contributed by atoms with Crippen LogP contribution in [0.15, 0.2) is 36.0 Å². The largest absolute Gasteiger partial charge is 0.433 e. The highest BCUT2D eigenvalue weighted by Gasteiger charge is 2.42. The van der Waals surface area contributed by atoms with Gasteiger partial charge in [0.05, 0.1) is 0 Å². The maximum Gasteiger partial charge on any atom is 0.433 e. The van der Waals surface area contributed by atoms with Crippen molar-refractivity contribution in [2.75, 3.05) is 13.1 Å². The Balaban J connectivity index is 1.48. The maximum atomic E-state index is 12.8. The molecule has 0 bridgehead atoms. The van der Waals surface area contributed by atoms with E-state index in [1.807, 2.05) is 13.0 Å². The minimum Gasteiger partial charge on any atom is -0.364 e. The number of fused-ring (bicyclic) bond motifs is 1. The number of hydrogen-bond acceptors (Lipinski definition) is 3. The molecule has 1 aliphatic carbocycles. The van der Waals surface area contributed by atoms with Gasteiger partial charge in [-0.15, -0.1) is 0 Å². The van der Waals surface area contributed by atoms with E-state index in [1.165, 1.54) is 11.0 Å². The molecule has 0 radical (unpaired) electrons. The van der Waals surface area contributed by atoms with E-state index in [-0.39, 0.29) is 17.4 Å². The van der Waals surface area contributed by atoms with Crippen molar-refractivity contribution >= 4 is 11.8 Å². The van der Waals surface area contributed by atoms with Crippen molar-refractivity contribution in [1.82, 2.24) is 14.9 Å². The van der Waals surface area contributed by atoms with E-state index in [1.54, 1.807) is 6.07 Å². The number of nitrogens with one attached hydrogen (secondary N) is 1. The van der Waals surface area contributed by atoms with Gasteiger partial charge >= 0.3 is 6.18 Å². The molecule has 0 fully saturated rings. The van der Waals surface area contributed by atoms with Crippen molar-refractivity contribution in [3.8, 4) is 0 Å². The van der Waals surface area contributed by atoms with Gasteiger partial charge in [-0.25, -0.2) is 0 Å². The molecule has 4 rings (SSSR count). The standard InChI is InChI=1S/C19H17F3N4O2/c1-9-8-26(18(28)10-2-4-24-14(6-10)19(20,21)22)5-3-11(9)15-12-7-13(17(23)27)25-16(12)15/h2-4,6-7,9,15,25H,5,8H2,1H3,(H2,23,27). The Morgan fingerprint density at radius 3 is 2.64 bits per heavy atom. The molecule has 2 aromatic rings. The lowest BCUT2D eigenvalue weighted by molar-refractivity contribution is -0.141. The van der Waals surface area contributed by atoms with Gasteiger partial charge in [0.15, 0.2) is 0 Å². The first kappa shape index (κ1) is 18.3. The molecule has 2 unspecified atom stereocenters. The number of hydrogen-bond donors (Lipinski definition) is 2. The third-order valence-electron chi connectivity index (χ3n) is 5.19. The van der Waals surface area contributed by atoms with Crippen LogP contribution in [0, 0.1) is 5.92 Å². The number of primary amides is 1. The first-order valence-corrected chi connectivity index (χ1v) is 8.72. The molecule has 0 saturated carbocycles. The lowest BCUT2D eigenvalue weighted by Gasteiger charge is -2.31. The molecule has 2 atom stereocenters. The van der Waals surface area contributed by atoms with Crippen LogP contribution in [0.3, 0.4) is 0 Å². The average Bonchev–Trinajstić information content (AvgIpc) is 3.11. The van der Waals surface area contributed by atoms with Crippen LogP contribution in [-0.2, 0) is 6.18 Å². The molecular formula is C19H17F3N4O2. The first-order chi connectivity index (χ1) is 13.2.